The highest BCUT2D eigenvalue weighted by atomic mass is 16.5. The quantitative estimate of drug-likeness (QED) is 0.889. The fraction of sp³-hybridized carbons (Fsp3) is 0.600. The van der Waals surface area contributed by atoms with Gasteiger partial charge in [-0.1, -0.05) is 19.1 Å². The van der Waals surface area contributed by atoms with Crippen LogP contribution in [0.1, 0.15) is 25.8 Å². The summed E-state index contributed by atoms with van der Waals surface area (Å²) in [7, 11) is 1.69. The van der Waals surface area contributed by atoms with Crippen LogP contribution in [0, 0.1) is 0 Å². The van der Waals surface area contributed by atoms with Gasteiger partial charge < -0.3 is 14.8 Å². The highest BCUT2D eigenvalue weighted by Crippen LogP contribution is 2.24. The average Bonchev–Trinajstić information content (AvgIpc) is 2.39. The van der Waals surface area contributed by atoms with Gasteiger partial charge in [0, 0.05) is 19.5 Å². The minimum Gasteiger partial charge on any atom is -0.497 e. The van der Waals surface area contributed by atoms with Crippen LogP contribution in [-0.2, 0) is 11.2 Å². The SMILES string of the molecule is CCC1CNCC(C)(Cc2ccc(OC)cc2)O1. The van der Waals surface area contributed by atoms with Gasteiger partial charge in [0.2, 0.25) is 0 Å². The summed E-state index contributed by atoms with van der Waals surface area (Å²) in [6, 6.07) is 8.24. The van der Waals surface area contributed by atoms with Crippen LogP contribution in [0.3, 0.4) is 0 Å². The first-order valence-corrected chi connectivity index (χ1v) is 6.66. The molecule has 1 aromatic carbocycles. The molecule has 1 aliphatic heterocycles. The first-order valence-electron chi connectivity index (χ1n) is 6.66. The summed E-state index contributed by atoms with van der Waals surface area (Å²) in [6.45, 7) is 6.24. The summed E-state index contributed by atoms with van der Waals surface area (Å²) >= 11 is 0. The van der Waals surface area contributed by atoms with Crippen molar-refractivity contribution < 1.29 is 9.47 Å². The van der Waals surface area contributed by atoms with Crippen molar-refractivity contribution in [2.45, 2.75) is 38.4 Å². The molecule has 0 aliphatic carbocycles. The van der Waals surface area contributed by atoms with E-state index in [0.29, 0.717) is 6.10 Å². The number of morpholine rings is 1. The maximum absolute atomic E-state index is 6.19. The number of benzene rings is 1. The van der Waals surface area contributed by atoms with Crippen molar-refractivity contribution in [2.75, 3.05) is 20.2 Å². The third kappa shape index (κ3) is 3.24. The van der Waals surface area contributed by atoms with Crippen LogP contribution >= 0.6 is 0 Å². The Morgan fingerprint density at radius 2 is 2.11 bits per heavy atom. The summed E-state index contributed by atoms with van der Waals surface area (Å²) in [5.74, 6) is 0.901. The van der Waals surface area contributed by atoms with E-state index >= 15 is 0 Å². The zero-order valence-corrected chi connectivity index (χ0v) is 11.5. The van der Waals surface area contributed by atoms with E-state index in [-0.39, 0.29) is 5.60 Å². The number of nitrogens with one attached hydrogen (secondary N) is 1. The number of hydrogen-bond acceptors (Lipinski definition) is 3. The molecule has 2 rings (SSSR count). The van der Waals surface area contributed by atoms with E-state index < -0.39 is 0 Å². The van der Waals surface area contributed by atoms with Gasteiger partial charge in [0.15, 0.2) is 0 Å². The van der Waals surface area contributed by atoms with Crippen LogP contribution < -0.4 is 10.1 Å². The topological polar surface area (TPSA) is 30.5 Å². The lowest BCUT2D eigenvalue weighted by Crippen LogP contribution is -2.53. The lowest BCUT2D eigenvalue weighted by molar-refractivity contribution is -0.105. The Morgan fingerprint density at radius 3 is 2.72 bits per heavy atom. The lowest BCUT2D eigenvalue weighted by atomic mass is 9.94. The summed E-state index contributed by atoms with van der Waals surface area (Å²) in [4.78, 5) is 0. The van der Waals surface area contributed by atoms with Crippen molar-refractivity contribution >= 4 is 0 Å². The molecular weight excluding hydrogens is 226 g/mol. The fourth-order valence-corrected chi connectivity index (χ4v) is 2.49. The summed E-state index contributed by atoms with van der Waals surface area (Å²) in [5, 5.41) is 3.47. The Kier molecular flexibility index (Phi) is 4.25. The van der Waals surface area contributed by atoms with Crippen LogP contribution in [-0.4, -0.2) is 31.9 Å². The molecule has 1 saturated heterocycles. The van der Waals surface area contributed by atoms with Gasteiger partial charge >= 0.3 is 0 Å². The molecule has 3 nitrogen and oxygen atoms in total. The molecule has 0 radical (unpaired) electrons. The monoisotopic (exact) mass is 249 g/mol. The normalized spacial score (nSPS) is 28.1. The maximum atomic E-state index is 6.19. The van der Waals surface area contributed by atoms with E-state index in [1.807, 2.05) is 12.1 Å². The van der Waals surface area contributed by atoms with Gasteiger partial charge in [-0.05, 0) is 31.0 Å². The predicted molar refractivity (Wildman–Crippen MR) is 73.1 cm³/mol. The van der Waals surface area contributed by atoms with Gasteiger partial charge in [-0.15, -0.1) is 0 Å². The highest BCUT2D eigenvalue weighted by molar-refractivity contribution is 5.28. The van der Waals surface area contributed by atoms with Gasteiger partial charge in [0.25, 0.3) is 0 Å². The minimum absolute atomic E-state index is 0.104. The molecule has 3 heteroatoms. The molecule has 1 aliphatic rings. The Morgan fingerprint density at radius 1 is 1.39 bits per heavy atom. The Hall–Kier alpha value is -1.06. The Bertz CT molecular complexity index is 377. The zero-order chi connectivity index (χ0) is 13.0. The first kappa shape index (κ1) is 13.4. The van der Waals surface area contributed by atoms with Crippen LogP contribution in [0.4, 0.5) is 0 Å². The van der Waals surface area contributed by atoms with E-state index in [1.165, 1.54) is 5.56 Å². The van der Waals surface area contributed by atoms with E-state index in [2.05, 4.69) is 31.3 Å². The molecule has 1 fully saturated rings. The van der Waals surface area contributed by atoms with E-state index in [0.717, 1.165) is 31.7 Å². The van der Waals surface area contributed by atoms with Gasteiger partial charge in [-0.25, -0.2) is 0 Å². The molecule has 18 heavy (non-hydrogen) atoms. The van der Waals surface area contributed by atoms with Crippen molar-refractivity contribution in [1.82, 2.24) is 5.32 Å². The van der Waals surface area contributed by atoms with Gasteiger partial charge in [0.05, 0.1) is 18.8 Å². The third-order valence-electron chi connectivity index (χ3n) is 3.51. The van der Waals surface area contributed by atoms with Crippen LogP contribution in [0.5, 0.6) is 5.75 Å². The van der Waals surface area contributed by atoms with Crippen molar-refractivity contribution in [1.29, 1.82) is 0 Å². The third-order valence-corrected chi connectivity index (χ3v) is 3.51. The van der Waals surface area contributed by atoms with Gasteiger partial charge in [-0.2, -0.15) is 0 Å². The minimum atomic E-state index is -0.104. The van der Waals surface area contributed by atoms with Crippen molar-refractivity contribution in [2.24, 2.45) is 0 Å². The number of rotatable bonds is 4. The Balaban J connectivity index is 2.02. The second kappa shape index (κ2) is 5.72. The number of methoxy groups -OCH3 is 1. The van der Waals surface area contributed by atoms with E-state index in [4.69, 9.17) is 9.47 Å². The predicted octanol–water partition coefficient (Wildman–Crippen LogP) is 2.39. The zero-order valence-electron chi connectivity index (χ0n) is 11.5. The molecule has 0 bridgehead atoms. The second-order valence-electron chi connectivity index (χ2n) is 5.25. The molecule has 1 heterocycles. The second-order valence-corrected chi connectivity index (χ2v) is 5.25. The number of hydrogen-bond donors (Lipinski definition) is 1. The largest absolute Gasteiger partial charge is 0.497 e. The summed E-state index contributed by atoms with van der Waals surface area (Å²) in [5.41, 5.74) is 1.19. The van der Waals surface area contributed by atoms with Gasteiger partial charge in [-0.3, -0.25) is 0 Å². The summed E-state index contributed by atoms with van der Waals surface area (Å²) in [6.07, 6.45) is 2.33. The van der Waals surface area contributed by atoms with E-state index in [9.17, 15) is 0 Å². The van der Waals surface area contributed by atoms with Crippen LogP contribution in [0.25, 0.3) is 0 Å². The smallest absolute Gasteiger partial charge is 0.118 e. The maximum Gasteiger partial charge on any atom is 0.118 e. The van der Waals surface area contributed by atoms with Gasteiger partial charge in [0.1, 0.15) is 5.75 Å². The molecule has 1 N–H and O–H groups in total. The van der Waals surface area contributed by atoms with Crippen molar-refractivity contribution in [3.63, 3.8) is 0 Å². The van der Waals surface area contributed by atoms with E-state index in [1.54, 1.807) is 7.11 Å². The molecule has 2 unspecified atom stereocenters. The number of ether oxygens (including phenoxy) is 2. The Labute approximate surface area is 109 Å². The first-order chi connectivity index (χ1) is 8.65. The highest BCUT2D eigenvalue weighted by Gasteiger charge is 2.32. The standard InChI is InChI=1S/C15H23NO2/c1-4-13-10-16-11-15(2,18-13)9-12-5-7-14(17-3)8-6-12/h5-8,13,16H,4,9-11H2,1-3H3. The molecule has 0 aromatic heterocycles. The molecule has 0 spiro atoms. The molecular formula is C15H23NO2. The van der Waals surface area contributed by atoms with Crippen molar-refractivity contribution in [3.05, 3.63) is 29.8 Å². The molecule has 1 aromatic rings. The lowest BCUT2D eigenvalue weighted by Gasteiger charge is -2.39. The molecule has 0 saturated carbocycles. The van der Waals surface area contributed by atoms with Crippen molar-refractivity contribution in [3.8, 4) is 5.75 Å². The molecule has 2 atom stereocenters. The fourth-order valence-electron chi connectivity index (χ4n) is 2.49. The molecule has 0 amide bonds. The van der Waals surface area contributed by atoms with Crippen LogP contribution in [0.2, 0.25) is 0 Å². The molecule has 100 valence electrons. The van der Waals surface area contributed by atoms with Crippen LogP contribution in [0.15, 0.2) is 24.3 Å². The summed E-state index contributed by atoms with van der Waals surface area (Å²) < 4.78 is 11.4. The average molecular weight is 249 g/mol.